The van der Waals surface area contributed by atoms with Crippen molar-refractivity contribution in [3.63, 3.8) is 0 Å². The van der Waals surface area contributed by atoms with E-state index in [4.69, 9.17) is 29.9 Å². The van der Waals surface area contributed by atoms with Crippen LogP contribution in [0.3, 0.4) is 0 Å². The molecule has 0 fully saturated rings. The number of aliphatic hydroxyl groups excluding tert-OH is 4. The molecule has 0 bridgehead atoms. The summed E-state index contributed by atoms with van der Waals surface area (Å²) in [5.74, 6) is 0. The summed E-state index contributed by atoms with van der Waals surface area (Å²) >= 11 is 0. The molecule has 0 radical (unpaired) electrons. The van der Waals surface area contributed by atoms with Gasteiger partial charge in [0.05, 0.1) is 26.4 Å². The number of unbranched alkanes of at least 4 members (excludes halogenated alkanes) is 7. The van der Waals surface area contributed by atoms with Crippen LogP contribution >= 0.6 is 0 Å². The van der Waals surface area contributed by atoms with Crippen LogP contribution in [0.5, 0.6) is 0 Å². The Kier molecular flexibility index (Phi) is 16.9. The van der Waals surface area contributed by atoms with Crippen molar-refractivity contribution in [2.24, 2.45) is 0 Å². The third kappa shape index (κ3) is 16.1. The molecule has 134 valence electrons. The topological polar surface area (TPSA) is 99.4 Å². The van der Waals surface area contributed by atoms with Crippen molar-refractivity contribution in [3.05, 3.63) is 0 Å². The minimum atomic E-state index is -0.754. The van der Waals surface area contributed by atoms with Gasteiger partial charge in [-0.15, -0.1) is 0 Å². The van der Waals surface area contributed by atoms with Crippen LogP contribution in [-0.4, -0.2) is 72.3 Å². The highest BCUT2D eigenvalue weighted by atomic mass is 16.5. The molecule has 0 heterocycles. The molecule has 0 rings (SSSR count). The van der Waals surface area contributed by atoms with Crippen molar-refractivity contribution < 1.29 is 29.9 Å². The van der Waals surface area contributed by atoms with E-state index in [0.717, 1.165) is 25.7 Å². The van der Waals surface area contributed by atoms with Crippen LogP contribution in [-0.2, 0) is 9.47 Å². The molecule has 0 aromatic heterocycles. The van der Waals surface area contributed by atoms with E-state index in [9.17, 15) is 0 Å². The van der Waals surface area contributed by atoms with Gasteiger partial charge in [-0.1, -0.05) is 38.5 Å². The summed E-state index contributed by atoms with van der Waals surface area (Å²) in [7, 11) is 0. The quantitative estimate of drug-likeness (QED) is 0.296. The summed E-state index contributed by atoms with van der Waals surface area (Å²) in [5, 5.41) is 35.3. The van der Waals surface area contributed by atoms with Gasteiger partial charge in [0.25, 0.3) is 0 Å². The maximum absolute atomic E-state index is 9.07. The summed E-state index contributed by atoms with van der Waals surface area (Å²) in [4.78, 5) is 0. The molecule has 2 atom stereocenters. The van der Waals surface area contributed by atoms with Gasteiger partial charge in [0, 0.05) is 13.2 Å². The SMILES string of the molecule is OCC(O)COCCCCCCCCCCOCC(O)CO. The Morgan fingerprint density at radius 3 is 1.18 bits per heavy atom. The monoisotopic (exact) mass is 322 g/mol. The van der Waals surface area contributed by atoms with Crippen molar-refractivity contribution in [2.45, 2.75) is 63.6 Å². The second-order valence-electron chi connectivity index (χ2n) is 5.65. The summed E-state index contributed by atoms with van der Waals surface area (Å²) < 4.78 is 10.5. The normalized spacial score (nSPS) is 14.2. The minimum Gasteiger partial charge on any atom is -0.394 e. The lowest BCUT2D eigenvalue weighted by Crippen LogP contribution is -2.19. The molecule has 6 heteroatoms. The molecule has 0 spiro atoms. The minimum absolute atomic E-state index is 0.216. The average Bonchev–Trinajstić information content (AvgIpc) is 2.54. The van der Waals surface area contributed by atoms with E-state index in [0.29, 0.717) is 13.2 Å². The van der Waals surface area contributed by atoms with E-state index < -0.39 is 12.2 Å². The van der Waals surface area contributed by atoms with Crippen LogP contribution in [0.1, 0.15) is 51.4 Å². The molecule has 0 saturated carbocycles. The standard InChI is InChI=1S/C16H34O6/c17-11-15(19)13-21-9-7-5-3-1-2-4-6-8-10-22-14-16(20)12-18/h15-20H,1-14H2. The predicted octanol–water partition coefficient (Wildman–Crippen LogP) is 0.847. The second-order valence-corrected chi connectivity index (χ2v) is 5.65. The molecular weight excluding hydrogens is 288 g/mol. The zero-order valence-electron chi connectivity index (χ0n) is 13.7. The number of ether oxygens (including phenoxy) is 2. The van der Waals surface area contributed by atoms with E-state index in [1.54, 1.807) is 0 Å². The molecule has 4 N–H and O–H groups in total. The molecule has 0 amide bonds. The summed E-state index contributed by atoms with van der Waals surface area (Å²) in [6.45, 7) is 1.24. The van der Waals surface area contributed by atoms with Gasteiger partial charge in [0.2, 0.25) is 0 Å². The molecule has 0 aliphatic heterocycles. The maximum Gasteiger partial charge on any atom is 0.100 e. The largest absolute Gasteiger partial charge is 0.394 e. The Labute approximate surface area is 134 Å². The summed E-state index contributed by atoms with van der Waals surface area (Å²) in [6, 6.07) is 0. The Morgan fingerprint density at radius 1 is 0.545 bits per heavy atom. The van der Waals surface area contributed by atoms with Gasteiger partial charge in [-0.25, -0.2) is 0 Å². The van der Waals surface area contributed by atoms with Crippen LogP contribution in [0.15, 0.2) is 0 Å². The number of rotatable bonds is 17. The molecule has 0 aliphatic rings. The number of aliphatic hydroxyl groups is 4. The predicted molar refractivity (Wildman–Crippen MR) is 84.8 cm³/mol. The Bertz CT molecular complexity index is 193. The van der Waals surface area contributed by atoms with Gasteiger partial charge >= 0.3 is 0 Å². The zero-order valence-corrected chi connectivity index (χ0v) is 13.7. The van der Waals surface area contributed by atoms with Crippen LogP contribution in [0, 0.1) is 0 Å². The highest BCUT2D eigenvalue weighted by molar-refractivity contribution is 4.51. The molecule has 22 heavy (non-hydrogen) atoms. The fraction of sp³-hybridized carbons (Fsp3) is 1.00. The number of hydrogen-bond acceptors (Lipinski definition) is 6. The fourth-order valence-corrected chi connectivity index (χ4v) is 2.01. The van der Waals surface area contributed by atoms with Gasteiger partial charge in [-0.3, -0.25) is 0 Å². The first kappa shape index (κ1) is 21.8. The zero-order chi connectivity index (χ0) is 16.5. The van der Waals surface area contributed by atoms with Crippen molar-refractivity contribution in [1.82, 2.24) is 0 Å². The van der Waals surface area contributed by atoms with Gasteiger partial charge in [0.15, 0.2) is 0 Å². The second kappa shape index (κ2) is 17.1. The van der Waals surface area contributed by atoms with Crippen molar-refractivity contribution in [2.75, 3.05) is 39.6 Å². The van der Waals surface area contributed by atoms with Gasteiger partial charge < -0.3 is 29.9 Å². The smallest absolute Gasteiger partial charge is 0.100 e. The molecule has 0 aromatic carbocycles. The number of hydrogen-bond donors (Lipinski definition) is 4. The lowest BCUT2D eigenvalue weighted by Gasteiger charge is -2.08. The van der Waals surface area contributed by atoms with Gasteiger partial charge in [0.1, 0.15) is 12.2 Å². The lowest BCUT2D eigenvalue weighted by molar-refractivity contribution is 0.00510. The fourth-order valence-electron chi connectivity index (χ4n) is 2.01. The van der Waals surface area contributed by atoms with E-state index in [2.05, 4.69) is 0 Å². The first-order chi connectivity index (χ1) is 10.7. The van der Waals surface area contributed by atoms with Crippen molar-refractivity contribution in [3.8, 4) is 0 Å². The van der Waals surface area contributed by atoms with E-state index in [-0.39, 0.29) is 26.4 Å². The molecule has 0 aromatic rings. The molecule has 0 aliphatic carbocycles. The van der Waals surface area contributed by atoms with Gasteiger partial charge in [-0.05, 0) is 12.8 Å². The molecule has 6 nitrogen and oxygen atoms in total. The Morgan fingerprint density at radius 2 is 0.864 bits per heavy atom. The molecule has 2 unspecified atom stereocenters. The van der Waals surface area contributed by atoms with E-state index >= 15 is 0 Å². The van der Waals surface area contributed by atoms with Crippen molar-refractivity contribution in [1.29, 1.82) is 0 Å². The molecular formula is C16H34O6. The third-order valence-corrected chi connectivity index (χ3v) is 3.37. The Hall–Kier alpha value is -0.240. The average molecular weight is 322 g/mol. The lowest BCUT2D eigenvalue weighted by atomic mass is 10.1. The summed E-state index contributed by atoms with van der Waals surface area (Å²) in [5.41, 5.74) is 0. The van der Waals surface area contributed by atoms with Crippen LogP contribution in [0.25, 0.3) is 0 Å². The van der Waals surface area contributed by atoms with Crippen molar-refractivity contribution >= 4 is 0 Å². The van der Waals surface area contributed by atoms with E-state index in [1.807, 2.05) is 0 Å². The third-order valence-electron chi connectivity index (χ3n) is 3.37. The molecule has 0 saturated heterocycles. The van der Waals surface area contributed by atoms with Gasteiger partial charge in [-0.2, -0.15) is 0 Å². The van der Waals surface area contributed by atoms with Crippen LogP contribution < -0.4 is 0 Å². The van der Waals surface area contributed by atoms with Crippen LogP contribution in [0.4, 0.5) is 0 Å². The summed E-state index contributed by atoms with van der Waals surface area (Å²) in [6.07, 6.45) is 7.61. The maximum atomic E-state index is 9.07. The Balaban J connectivity index is 3.03. The first-order valence-corrected chi connectivity index (χ1v) is 8.44. The highest BCUT2D eigenvalue weighted by Crippen LogP contribution is 2.09. The van der Waals surface area contributed by atoms with Crippen LogP contribution in [0.2, 0.25) is 0 Å². The first-order valence-electron chi connectivity index (χ1n) is 8.44. The highest BCUT2D eigenvalue weighted by Gasteiger charge is 2.01. The van der Waals surface area contributed by atoms with E-state index in [1.165, 1.54) is 25.7 Å².